The molecule has 0 rings (SSSR count). The number of carboxylic acid groups (broad SMARTS) is 1. The van der Waals surface area contributed by atoms with E-state index in [2.05, 4.69) is 0 Å². The fourth-order valence-electron chi connectivity index (χ4n) is 1.39. The molecule has 0 unspecified atom stereocenters. The molecule has 0 aliphatic rings. The molecule has 0 aliphatic carbocycles. The zero-order chi connectivity index (χ0) is 12.7. The van der Waals surface area contributed by atoms with Crippen molar-refractivity contribution >= 4 is 17.7 Å². The van der Waals surface area contributed by atoms with E-state index < -0.39 is 12.4 Å². The maximum Gasteiger partial charge on any atom is 0.310 e. The number of hydrogen-bond acceptors (Lipinski definition) is 4. The predicted molar refractivity (Wildman–Crippen MR) is 56.8 cm³/mol. The van der Waals surface area contributed by atoms with Crippen LogP contribution in [0.1, 0.15) is 33.6 Å². The van der Waals surface area contributed by atoms with E-state index in [0.717, 1.165) is 0 Å². The maximum absolute atomic E-state index is 11.3. The van der Waals surface area contributed by atoms with Gasteiger partial charge in [0.05, 0.1) is 6.61 Å². The second-order valence-electron chi connectivity index (χ2n) is 4.08. The van der Waals surface area contributed by atoms with Crippen LogP contribution in [0.15, 0.2) is 0 Å². The first-order valence-corrected chi connectivity index (χ1v) is 5.20. The highest BCUT2D eigenvalue weighted by Gasteiger charge is 2.19. The van der Waals surface area contributed by atoms with Crippen LogP contribution >= 0.6 is 0 Å². The van der Waals surface area contributed by atoms with E-state index in [0.29, 0.717) is 6.42 Å². The first-order chi connectivity index (χ1) is 7.32. The highest BCUT2D eigenvalue weighted by atomic mass is 16.5. The van der Waals surface area contributed by atoms with Crippen molar-refractivity contribution in [1.82, 2.24) is 0 Å². The molecule has 0 spiro atoms. The number of esters is 1. The van der Waals surface area contributed by atoms with Crippen molar-refractivity contribution in [3.05, 3.63) is 0 Å². The fraction of sp³-hybridized carbons (Fsp3) is 0.727. The molecule has 0 heterocycles. The zero-order valence-electron chi connectivity index (χ0n) is 9.86. The Morgan fingerprint density at radius 2 is 1.81 bits per heavy atom. The van der Waals surface area contributed by atoms with Crippen LogP contribution in [0.4, 0.5) is 0 Å². The predicted octanol–water partition coefficient (Wildman–Crippen LogP) is 1.26. The van der Waals surface area contributed by atoms with Gasteiger partial charge in [0.2, 0.25) is 0 Å². The van der Waals surface area contributed by atoms with Gasteiger partial charge >= 0.3 is 11.9 Å². The molecule has 0 radical (unpaired) electrons. The van der Waals surface area contributed by atoms with Gasteiger partial charge in [-0.25, -0.2) is 0 Å². The van der Waals surface area contributed by atoms with Crippen LogP contribution in [-0.2, 0) is 19.1 Å². The van der Waals surface area contributed by atoms with E-state index in [1.165, 1.54) is 6.92 Å². The molecule has 0 aromatic carbocycles. The summed E-state index contributed by atoms with van der Waals surface area (Å²) in [7, 11) is 0. The number of carbonyl (C=O) groups excluding carboxylic acids is 2. The smallest absolute Gasteiger partial charge is 0.310 e. The number of ether oxygens (including phenoxy) is 1. The first-order valence-electron chi connectivity index (χ1n) is 5.20. The van der Waals surface area contributed by atoms with Gasteiger partial charge in [0.15, 0.2) is 0 Å². The van der Waals surface area contributed by atoms with Crippen molar-refractivity contribution in [3.8, 4) is 0 Å². The third-order valence-corrected chi connectivity index (χ3v) is 2.20. The normalized spacial score (nSPS) is 13.9. The van der Waals surface area contributed by atoms with Crippen LogP contribution in [0, 0.1) is 11.8 Å². The summed E-state index contributed by atoms with van der Waals surface area (Å²) in [5.74, 6) is -2.01. The molecule has 5 heteroatoms. The van der Waals surface area contributed by atoms with Gasteiger partial charge in [0, 0.05) is 12.8 Å². The van der Waals surface area contributed by atoms with Gasteiger partial charge in [-0.2, -0.15) is 0 Å². The molecule has 0 saturated carbocycles. The van der Waals surface area contributed by atoms with Crippen molar-refractivity contribution < 1.29 is 24.2 Å². The van der Waals surface area contributed by atoms with E-state index in [9.17, 15) is 14.4 Å². The Morgan fingerprint density at radius 3 is 2.25 bits per heavy atom. The van der Waals surface area contributed by atoms with Crippen LogP contribution in [0.25, 0.3) is 0 Å². The molecule has 2 atom stereocenters. The molecule has 1 N–H and O–H groups in total. The Labute approximate surface area is 94.8 Å². The number of carbonyl (C=O) groups is 3. The van der Waals surface area contributed by atoms with Gasteiger partial charge in [0.25, 0.3) is 0 Å². The minimum atomic E-state index is -1.11. The van der Waals surface area contributed by atoms with Crippen molar-refractivity contribution in [2.45, 2.75) is 33.6 Å². The standard InChI is InChI=1S/C11H18O5/c1-7(6-16-9(3)12)4-8(2)10(13)5-11(14)15/h7-8H,4-6H2,1-3H3,(H,14,15)/t7-,8+/m0/s1. The molecule has 0 fully saturated rings. The lowest BCUT2D eigenvalue weighted by Gasteiger charge is -2.15. The van der Waals surface area contributed by atoms with E-state index in [-0.39, 0.29) is 30.2 Å². The van der Waals surface area contributed by atoms with E-state index in [1.807, 2.05) is 6.92 Å². The maximum atomic E-state index is 11.3. The fourth-order valence-corrected chi connectivity index (χ4v) is 1.39. The van der Waals surface area contributed by atoms with Crippen LogP contribution in [-0.4, -0.2) is 29.4 Å². The monoisotopic (exact) mass is 230 g/mol. The molecule has 92 valence electrons. The summed E-state index contributed by atoms with van der Waals surface area (Å²) in [6.45, 7) is 5.13. The summed E-state index contributed by atoms with van der Waals surface area (Å²) in [5, 5.41) is 8.45. The van der Waals surface area contributed by atoms with Crippen LogP contribution in [0.5, 0.6) is 0 Å². The van der Waals surface area contributed by atoms with Gasteiger partial charge in [0.1, 0.15) is 12.2 Å². The second-order valence-corrected chi connectivity index (χ2v) is 4.08. The van der Waals surface area contributed by atoms with Crippen molar-refractivity contribution in [2.75, 3.05) is 6.61 Å². The second kappa shape index (κ2) is 6.98. The molecule has 0 bridgehead atoms. The lowest BCUT2D eigenvalue weighted by atomic mass is 9.93. The van der Waals surface area contributed by atoms with Gasteiger partial charge in [-0.15, -0.1) is 0 Å². The first kappa shape index (κ1) is 14.6. The summed E-state index contributed by atoms with van der Waals surface area (Å²) in [6.07, 6.45) is 0.0842. The van der Waals surface area contributed by atoms with Crippen LogP contribution in [0.3, 0.4) is 0 Å². The Hall–Kier alpha value is -1.39. The van der Waals surface area contributed by atoms with Crippen LogP contribution < -0.4 is 0 Å². The molecule has 0 aromatic heterocycles. The molecule has 0 aromatic rings. The summed E-state index contributed by atoms with van der Waals surface area (Å²) in [5.41, 5.74) is 0. The molecular formula is C11H18O5. The summed E-state index contributed by atoms with van der Waals surface area (Å²) in [6, 6.07) is 0. The topological polar surface area (TPSA) is 80.7 Å². The SMILES string of the molecule is CC(=O)OC[C@@H](C)C[C@@H](C)C(=O)CC(=O)O. The highest BCUT2D eigenvalue weighted by molar-refractivity contribution is 5.95. The van der Waals surface area contributed by atoms with Crippen molar-refractivity contribution in [1.29, 1.82) is 0 Å². The van der Waals surface area contributed by atoms with Gasteiger partial charge in [-0.1, -0.05) is 13.8 Å². The minimum Gasteiger partial charge on any atom is -0.481 e. The number of rotatable bonds is 7. The molecule has 16 heavy (non-hydrogen) atoms. The Balaban J connectivity index is 3.93. The lowest BCUT2D eigenvalue weighted by molar-refractivity contribution is -0.142. The Bertz CT molecular complexity index is 272. The average molecular weight is 230 g/mol. The summed E-state index contributed by atoms with van der Waals surface area (Å²) in [4.78, 5) is 32.2. The Morgan fingerprint density at radius 1 is 1.25 bits per heavy atom. The number of hydrogen-bond donors (Lipinski definition) is 1. The molecule has 5 nitrogen and oxygen atoms in total. The summed E-state index contributed by atoms with van der Waals surface area (Å²) >= 11 is 0. The van der Waals surface area contributed by atoms with E-state index in [1.54, 1.807) is 6.92 Å². The number of ketones is 1. The third kappa shape index (κ3) is 6.98. The lowest BCUT2D eigenvalue weighted by Crippen LogP contribution is -2.20. The Kier molecular flexibility index (Phi) is 6.37. The number of Topliss-reactive ketones (excluding diaryl/α,β-unsaturated/α-hetero) is 1. The molecule has 0 saturated heterocycles. The molecule has 0 amide bonds. The number of carboxylic acids is 1. The van der Waals surface area contributed by atoms with Crippen LogP contribution in [0.2, 0.25) is 0 Å². The zero-order valence-corrected chi connectivity index (χ0v) is 9.86. The highest BCUT2D eigenvalue weighted by Crippen LogP contribution is 2.14. The molecule has 0 aliphatic heterocycles. The molecular weight excluding hydrogens is 212 g/mol. The van der Waals surface area contributed by atoms with E-state index in [4.69, 9.17) is 9.84 Å². The number of aliphatic carboxylic acids is 1. The van der Waals surface area contributed by atoms with Gasteiger partial charge in [-0.3, -0.25) is 14.4 Å². The van der Waals surface area contributed by atoms with Gasteiger partial charge < -0.3 is 9.84 Å². The van der Waals surface area contributed by atoms with Crippen molar-refractivity contribution in [3.63, 3.8) is 0 Å². The quantitative estimate of drug-likeness (QED) is 0.526. The minimum absolute atomic E-state index is 0.0524. The average Bonchev–Trinajstić information content (AvgIpc) is 2.13. The van der Waals surface area contributed by atoms with Gasteiger partial charge in [-0.05, 0) is 12.3 Å². The summed E-state index contributed by atoms with van der Waals surface area (Å²) < 4.78 is 4.80. The van der Waals surface area contributed by atoms with E-state index >= 15 is 0 Å². The van der Waals surface area contributed by atoms with Crippen molar-refractivity contribution in [2.24, 2.45) is 11.8 Å². The third-order valence-electron chi connectivity index (χ3n) is 2.20. The largest absolute Gasteiger partial charge is 0.481 e.